The molecule has 2 heterocycles. The predicted molar refractivity (Wildman–Crippen MR) is 102 cm³/mol. The van der Waals surface area contributed by atoms with Crippen LogP contribution in [0.3, 0.4) is 0 Å². The van der Waals surface area contributed by atoms with Gasteiger partial charge in [-0.2, -0.15) is 0 Å². The fourth-order valence-corrected chi connectivity index (χ4v) is 5.45. The molecule has 3 atom stereocenters. The molecule has 3 aliphatic rings. The standard InChI is InChI=1S/C22H32N2/c1-16-10-8-9-13-19(16)23-17(2)20-14-15-22(3,4)24(20)21(23)18-11-6-5-7-12-18/h8-10,13-15,17-18,20-21H,5-7,11-12H2,1-4H3/t17-,20?,21?/m0/s1. The summed E-state index contributed by atoms with van der Waals surface area (Å²) in [7, 11) is 0. The van der Waals surface area contributed by atoms with Crippen molar-refractivity contribution in [3.63, 3.8) is 0 Å². The van der Waals surface area contributed by atoms with Crippen LogP contribution in [0.1, 0.15) is 58.4 Å². The number of hydrogen-bond donors (Lipinski definition) is 0. The third-order valence-corrected chi connectivity index (χ3v) is 6.66. The molecule has 1 aliphatic carbocycles. The van der Waals surface area contributed by atoms with Gasteiger partial charge >= 0.3 is 0 Å². The van der Waals surface area contributed by atoms with Crippen molar-refractivity contribution in [2.45, 2.75) is 83.6 Å². The van der Waals surface area contributed by atoms with E-state index in [1.165, 1.54) is 43.4 Å². The van der Waals surface area contributed by atoms with Crippen molar-refractivity contribution in [2.24, 2.45) is 5.92 Å². The van der Waals surface area contributed by atoms with Crippen LogP contribution in [0.2, 0.25) is 0 Å². The summed E-state index contributed by atoms with van der Waals surface area (Å²) in [5.74, 6) is 0.796. The third kappa shape index (κ3) is 2.42. The van der Waals surface area contributed by atoms with Crippen molar-refractivity contribution in [2.75, 3.05) is 4.90 Å². The van der Waals surface area contributed by atoms with Gasteiger partial charge in [-0.25, -0.2) is 0 Å². The van der Waals surface area contributed by atoms with Crippen LogP contribution in [0, 0.1) is 12.8 Å². The summed E-state index contributed by atoms with van der Waals surface area (Å²) >= 11 is 0. The van der Waals surface area contributed by atoms with Crippen molar-refractivity contribution >= 4 is 5.69 Å². The molecule has 2 nitrogen and oxygen atoms in total. The molecule has 2 fully saturated rings. The van der Waals surface area contributed by atoms with E-state index in [1.807, 2.05) is 0 Å². The molecule has 2 aliphatic heterocycles. The minimum absolute atomic E-state index is 0.165. The topological polar surface area (TPSA) is 6.48 Å². The van der Waals surface area contributed by atoms with Gasteiger partial charge in [-0.1, -0.05) is 49.6 Å². The van der Waals surface area contributed by atoms with E-state index >= 15 is 0 Å². The lowest BCUT2D eigenvalue weighted by atomic mass is 9.85. The molecule has 1 aromatic carbocycles. The average Bonchev–Trinajstić information content (AvgIpc) is 3.05. The number of hydrogen-bond acceptors (Lipinski definition) is 2. The van der Waals surface area contributed by atoms with Crippen LogP contribution < -0.4 is 4.90 Å². The van der Waals surface area contributed by atoms with E-state index in [4.69, 9.17) is 0 Å². The maximum atomic E-state index is 2.82. The molecule has 0 amide bonds. The lowest BCUT2D eigenvalue weighted by molar-refractivity contribution is 0.0819. The number of aryl methyl sites for hydroxylation is 1. The molecule has 1 aromatic rings. The number of benzene rings is 1. The van der Waals surface area contributed by atoms with Crippen LogP contribution in [0.25, 0.3) is 0 Å². The van der Waals surface area contributed by atoms with Gasteiger partial charge in [-0.3, -0.25) is 4.90 Å². The molecule has 0 radical (unpaired) electrons. The molecule has 1 saturated carbocycles. The fourth-order valence-electron chi connectivity index (χ4n) is 5.45. The van der Waals surface area contributed by atoms with E-state index in [2.05, 4.69) is 73.9 Å². The molecule has 0 N–H and O–H groups in total. The summed E-state index contributed by atoms with van der Waals surface area (Å²) in [6.45, 7) is 9.49. The van der Waals surface area contributed by atoms with E-state index < -0.39 is 0 Å². The molecule has 4 rings (SSSR count). The highest BCUT2D eigenvalue weighted by molar-refractivity contribution is 5.57. The number of rotatable bonds is 2. The van der Waals surface area contributed by atoms with E-state index in [0.717, 1.165) is 5.92 Å². The summed E-state index contributed by atoms with van der Waals surface area (Å²) in [4.78, 5) is 5.58. The van der Waals surface area contributed by atoms with Gasteiger partial charge in [0.2, 0.25) is 0 Å². The number of anilines is 1. The highest BCUT2D eigenvalue weighted by atomic mass is 15.5. The monoisotopic (exact) mass is 324 g/mol. The van der Waals surface area contributed by atoms with Gasteiger partial charge in [0.05, 0.1) is 12.2 Å². The van der Waals surface area contributed by atoms with Gasteiger partial charge in [0.25, 0.3) is 0 Å². The summed E-state index contributed by atoms with van der Waals surface area (Å²) in [5, 5.41) is 0. The smallest absolute Gasteiger partial charge is 0.0865 e. The van der Waals surface area contributed by atoms with Gasteiger partial charge in [0, 0.05) is 17.3 Å². The van der Waals surface area contributed by atoms with Crippen molar-refractivity contribution in [3.8, 4) is 0 Å². The summed E-state index contributed by atoms with van der Waals surface area (Å²) in [5.41, 5.74) is 3.02. The highest BCUT2D eigenvalue weighted by Crippen LogP contribution is 2.47. The lowest BCUT2D eigenvalue weighted by Gasteiger charge is -2.44. The maximum absolute atomic E-state index is 2.82. The first kappa shape index (κ1) is 16.2. The number of fused-ring (bicyclic) bond motifs is 1. The van der Waals surface area contributed by atoms with Gasteiger partial charge in [-0.05, 0) is 58.1 Å². The fraction of sp³-hybridized carbons (Fsp3) is 0.636. The van der Waals surface area contributed by atoms with E-state index in [0.29, 0.717) is 18.2 Å². The molecule has 130 valence electrons. The second kappa shape index (κ2) is 5.91. The summed E-state index contributed by atoms with van der Waals surface area (Å²) in [6.07, 6.45) is 12.5. The first-order valence-corrected chi connectivity index (χ1v) is 9.82. The van der Waals surface area contributed by atoms with Gasteiger partial charge in [-0.15, -0.1) is 0 Å². The Kier molecular flexibility index (Phi) is 3.99. The molecule has 0 aromatic heterocycles. The van der Waals surface area contributed by atoms with Crippen LogP contribution >= 0.6 is 0 Å². The van der Waals surface area contributed by atoms with E-state index in [-0.39, 0.29) is 5.54 Å². The minimum atomic E-state index is 0.165. The number of para-hydroxylation sites is 1. The Hall–Kier alpha value is -1.28. The third-order valence-electron chi connectivity index (χ3n) is 6.66. The number of nitrogens with zero attached hydrogens (tertiary/aromatic N) is 2. The Morgan fingerprint density at radius 2 is 1.75 bits per heavy atom. The Labute approximate surface area is 147 Å². The van der Waals surface area contributed by atoms with Gasteiger partial charge in [0.15, 0.2) is 0 Å². The Morgan fingerprint density at radius 1 is 1.04 bits per heavy atom. The van der Waals surface area contributed by atoms with Gasteiger partial charge < -0.3 is 4.90 Å². The second-order valence-corrected chi connectivity index (χ2v) is 8.66. The maximum Gasteiger partial charge on any atom is 0.0865 e. The highest BCUT2D eigenvalue weighted by Gasteiger charge is 2.54. The Bertz CT molecular complexity index is 627. The molecule has 24 heavy (non-hydrogen) atoms. The van der Waals surface area contributed by atoms with Crippen molar-refractivity contribution in [1.29, 1.82) is 0 Å². The normalized spacial score (nSPS) is 33.2. The molecule has 0 bridgehead atoms. The molecular formula is C22H32N2. The first-order chi connectivity index (χ1) is 11.5. The van der Waals surface area contributed by atoms with Crippen LogP contribution in [0.4, 0.5) is 5.69 Å². The van der Waals surface area contributed by atoms with Crippen LogP contribution in [0.15, 0.2) is 36.4 Å². The molecular weight excluding hydrogens is 292 g/mol. The quantitative estimate of drug-likeness (QED) is 0.696. The Morgan fingerprint density at radius 3 is 2.46 bits per heavy atom. The lowest BCUT2D eigenvalue weighted by Crippen LogP contribution is -2.53. The van der Waals surface area contributed by atoms with E-state index in [9.17, 15) is 0 Å². The Balaban J connectivity index is 1.78. The minimum Gasteiger partial charge on any atom is -0.351 e. The van der Waals surface area contributed by atoms with Gasteiger partial charge in [0.1, 0.15) is 0 Å². The van der Waals surface area contributed by atoms with Crippen LogP contribution in [-0.2, 0) is 0 Å². The summed E-state index contributed by atoms with van der Waals surface area (Å²) in [6, 6.07) is 10.1. The average molecular weight is 325 g/mol. The predicted octanol–water partition coefficient (Wildman–Crippen LogP) is 5.13. The zero-order valence-corrected chi connectivity index (χ0v) is 15.7. The largest absolute Gasteiger partial charge is 0.351 e. The molecule has 1 saturated heterocycles. The van der Waals surface area contributed by atoms with Crippen molar-refractivity contribution in [1.82, 2.24) is 4.90 Å². The van der Waals surface area contributed by atoms with E-state index in [1.54, 1.807) is 0 Å². The SMILES string of the molecule is Cc1ccccc1N1C(C2CCCCC2)N2C(C=CC2(C)C)[C@@H]1C. The zero-order chi connectivity index (χ0) is 16.9. The van der Waals surface area contributed by atoms with Crippen molar-refractivity contribution < 1.29 is 0 Å². The molecule has 2 unspecified atom stereocenters. The van der Waals surface area contributed by atoms with Crippen LogP contribution in [0.5, 0.6) is 0 Å². The first-order valence-electron chi connectivity index (χ1n) is 9.82. The van der Waals surface area contributed by atoms with Crippen LogP contribution in [-0.4, -0.2) is 28.7 Å². The van der Waals surface area contributed by atoms with Crippen molar-refractivity contribution in [3.05, 3.63) is 42.0 Å². The molecule has 2 heteroatoms. The second-order valence-electron chi connectivity index (χ2n) is 8.66. The molecule has 0 spiro atoms. The summed E-state index contributed by atoms with van der Waals surface area (Å²) < 4.78 is 0. The zero-order valence-electron chi connectivity index (χ0n) is 15.7.